The molecule has 0 amide bonds. The molecule has 6 nitrogen and oxygen atoms in total. The standard InChI is InChI=1S/C14H24N4O2/c1-5-17-13(12(18(19)20)10(2)16-17)15-11-8-6-7-9-14(11,3)4/h11,15H,5-9H2,1-4H3. The topological polar surface area (TPSA) is 73.0 Å². The van der Waals surface area contributed by atoms with Crippen LogP contribution >= 0.6 is 0 Å². The summed E-state index contributed by atoms with van der Waals surface area (Å²) in [4.78, 5) is 11.0. The maximum absolute atomic E-state index is 11.3. The van der Waals surface area contributed by atoms with Gasteiger partial charge in [0.15, 0.2) is 0 Å². The summed E-state index contributed by atoms with van der Waals surface area (Å²) in [6.45, 7) is 8.74. The molecule has 1 N–H and O–H groups in total. The van der Waals surface area contributed by atoms with E-state index in [9.17, 15) is 10.1 Å². The lowest BCUT2D eigenvalue weighted by atomic mass is 9.73. The number of nitro groups is 1. The minimum atomic E-state index is -0.327. The molecule has 1 aromatic heterocycles. The zero-order valence-electron chi connectivity index (χ0n) is 12.8. The van der Waals surface area contributed by atoms with Crippen molar-refractivity contribution in [1.82, 2.24) is 9.78 Å². The van der Waals surface area contributed by atoms with Gasteiger partial charge in [0.1, 0.15) is 5.69 Å². The number of aromatic nitrogens is 2. The molecule has 1 unspecified atom stereocenters. The van der Waals surface area contributed by atoms with Gasteiger partial charge in [-0.3, -0.25) is 10.1 Å². The van der Waals surface area contributed by atoms with Gasteiger partial charge in [0.2, 0.25) is 5.82 Å². The van der Waals surface area contributed by atoms with E-state index in [1.54, 1.807) is 11.6 Å². The Morgan fingerprint density at radius 3 is 2.75 bits per heavy atom. The SMILES string of the molecule is CCn1nc(C)c([N+](=O)[O-])c1NC1CCCCC1(C)C. The fourth-order valence-corrected chi connectivity index (χ4v) is 3.09. The van der Waals surface area contributed by atoms with Gasteiger partial charge < -0.3 is 5.32 Å². The molecule has 0 bridgehead atoms. The first kappa shape index (κ1) is 14.8. The first-order valence-electron chi connectivity index (χ1n) is 7.35. The molecule has 1 atom stereocenters. The lowest BCUT2D eigenvalue weighted by Crippen LogP contribution is -2.39. The van der Waals surface area contributed by atoms with Crippen molar-refractivity contribution in [2.45, 2.75) is 66.0 Å². The second kappa shape index (κ2) is 5.42. The summed E-state index contributed by atoms with van der Waals surface area (Å²) >= 11 is 0. The van der Waals surface area contributed by atoms with Crippen LogP contribution in [0.15, 0.2) is 0 Å². The van der Waals surface area contributed by atoms with Crippen molar-refractivity contribution >= 4 is 11.5 Å². The van der Waals surface area contributed by atoms with Crippen LogP contribution in [0.1, 0.15) is 52.1 Å². The lowest BCUT2D eigenvalue weighted by Gasteiger charge is -2.39. The molecule has 1 aliphatic rings. The fourth-order valence-electron chi connectivity index (χ4n) is 3.09. The van der Waals surface area contributed by atoms with Crippen LogP contribution in [-0.4, -0.2) is 20.7 Å². The molecule has 6 heteroatoms. The van der Waals surface area contributed by atoms with Crippen LogP contribution in [0.5, 0.6) is 0 Å². The van der Waals surface area contributed by atoms with Gasteiger partial charge in [0.25, 0.3) is 0 Å². The van der Waals surface area contributed by atoms with Crippen molar-refractivity contribution in [2.24, 2.45) is 5.41 Å². The highest BCUT2D eigenvalue weighted by molar-refractivity contribution is 5.60. The van der Waals surface area contributed by atoms with E-state index in [-0.39, 0.29) is 22.1 Å². The molecule has 1 aliphatic carbocycles. The molecular formula is C14H24N4O2. The van der Waals surface area contributed by atoms with Gasteiger partial charge in [-0.05, 0) is 32.1 Å². The van der Waals surface area contributed by atoms with Crippen LogP contribution in [0, 0.1) is 22.5 Å². The molecule has 0 radical (unpaired) electrons. The largest absolute Gasteiger partial charge is 0.361 e. The number of nitrogens with zero attached hydrogens (tertiary/aromatic N) is 3. The van der Waals surface area contributed by atoms with Crippen molar-refractivity contribution in [2.75, 3.05) is 5.32 Å². The molecule has 1 saturated carbocycles. The number of nitrogens with one attached hydrogen (secondary N) is 1. The molecule has 0 aromatic carbocycles. The maximum Gasteiger partial charge on any atom is 0.333 e. The van der Waals surface area contributed by atoms with E-state index in [1.165, 1.54) is 12.8 Å². The van der Waals surface area contributed by atoms with Crippen molar-refractivity contribution in [3.63, 3.8) is 0 Å². The Morgan fingerprint density at radius 2 is 2.20 bits per heavy atom. The van der Waals surface area contributed by atoms with E-state index in [0.29, 0.717) is 18.1 Å². The smallest absolute Gasteiger partial charge is 0.333 e. The molecule has 0 saturated heterocycles. The van der Waals surface area contributed by atoms with Gasteiger partial charge in [-0.15, -0.1) is 0 Å². The Kier molecular flexibility index (Phi) is 4.01. The summed E-state index contributed by atoms with van der Waals surface area (Å²) in [5.41, 5.74) is 0.754. The molecule has 1 heterocycles. The monoisotopic (exact) mass is 280 g/mol. The van der Waals surface area contributed by atoms with Crippen LogP contribution in [0.3, 0.4) is 0 Å². The molecule has 112 valence electrons. The highest BCUT2D eigenvalue weighted by atomic mass is 16.6. The zero-order valence-corrected chi connectivity index (χ0v) is 12.8. The van der Waals surface area contributed by atoms with Crippen LogP contribution in [0.2, 0.25) is 0 Å². The first-order chi connectivity index (χ1) is 9.36. The number of anilines is 1. The van der Waals surface area contributed by atoms with Crippen molar-refractivity contribution in [3.05, 3.63) is 15.8 Å². The van der Waals surface area contributed by atoms with E-state index in [4.69, 9.17) is 0 Å². The Morgan fingerprint density at radius 1 is 1.50 bits per heavy atom. The summed E-state index contributed by atoms with van der Waals surface area (Å²) < 4.78 is 1.71. The summed E-state index contributed by atoms with van der Waals surface area (Å²) in [5, 5.41) is 19.0. The third-order valence-corrected chi connectivity index (χ3v) is 4.40. The Bertz CT molecular complexity index is 508. The minimum Gasteiger partial charge on any atom is -0.361 e. The Hall–Kier alpha value is -1.59. The summed E-state index contributed by atoms with van der Waals surface area (Å²) in [5.74, 6) is 0.565. The van der Waals surface area contributed by atoms with Gasteiger partial charge in [-0.1, -0.05) is 26.7 Å². The van der Waals surface area contributed by atoms with E-state index in [2.05, 4.69) is 24.3 Å². The highest BCUT2D eigenvalue weighted by Gasteiger charge is 2.35. The highest BCUT2D eigenvalue weighted by Crippen LogP contribution is 2.39. The van der Waals surface area contributed by atoms with Gasteiger partial charge in [-0.25, -0.2) is 4.68 Å². The zero-order chi connectivity index (χ0) is 14.9. The van der Waals surface area contributed by atoms with Crippen LogP contribution in [0.25, 0.3) is 0 Å². The van der Waals surface area contributed by atoms with Gasteiger partial charge >= 0.3 is 5.69 Å². The summed E-state index contributed by atoms with van der Waals surface area (Å²) in [6.07, 6.45) is 4.61. The molecular weight excluding hydrogens is 256 g/mol. The number of hydrogen-bond acceptors (Lipinski definition) is 4. The normalized spacial score (nSPS) is 21.7. The van der Waals surface area contributed by atoms with Gasteiger partial charge in [0, 0.05) is 12.6 Å². The van der Waals surface area contributed by atoms with Crippen molar-refractivity contribution in [1.29, 1.82) is 0 Å². The fraction of sp³-hybridized carbons (Fsp3) is 0.786. The van der Waals surface area contributed by atoms with E-state index in [1.807, 2.05) is 6.92 Å². The first-order valence-corrected chi connectivity index (χ1v) is 7.35. The Balaban J connectivity index is 2.34. The minimum absolute atomic E-state index is 0.119. The average molecular weight is 280 g/mol. The Labute approximate surface area is 119 Å². The van der Waals surface area contributed by atoms with Crippen LogP contribution in [-0.2, 0) is 6.54 Å². The molecule has 1 fully saturated rings. The van der Waals surface area contributed by atoms with E-state index >= 15 is 0 Å². The second-order valence-electron chi connectivity index (χ2n) is 6.29. The van der Waals surface area contributed by atoms with E-state index in [0.717, 1.165) is 12.8 Å². The molecule has 0 spiro atoms. The third-order valence-electron chi connectivity index (χ3n) is 4.40. The predicted octanol–water partition coefficient (Wildman–Crippen LogP) is 3.50. The van der Waals surface area contributed by atoms with Gasteiger partial charge in [-0.2, -0.15) is 5.10 Å². The van der Waals surface area contributed by atoms with Gasteiger partial charge in [0.05, 0.1) is 4.92 Å². The predicted molar refractivity (Wildman–Crippen MR) is 79.0 cm³/mol. The number of rotatable bonds is 4. The van der Waals surface area contributed by atoms with Crippen molar-refractivity contribution in [3.8, 4) is 0 Å². The molecule has 1 aromatic rings. The summed E-state index contributed by atoms with van der Waals surface area (Å²) in [6, 6.07) is 0.261. The number of aryl methyl sites for hydroxylation is 2. The van der Waals surface area contributed by atoms with Crippen LogP contribution < -0.4 is 5.32 Å². The maximum atomic E-state index is 11.3. The lowest BCUT2D eigenvalue weighted by molar-refractivity contribution is -0.384. The van der Waals surface area contributed by atoms with E-state index < -0.39 is 0 Å². The average Bonchev–Trinajstić information content (AvgIpc) is 2.68. The quantitative estimate of drug-likeness (QED) is 0.676. The second-order valence-corrected chi connectivity index (χ2v) is 6.29. The molecule has 0 aliphatic heterocycles. The summed E-state index contributed by atoms with van der Waals surface area (Å²) in [7, 11) is 0. The third kappa shape index (κ3) is 2.64. The molecule has 2 rings (SSSR count). The van der Waals surface area contributed by atoms with Crippen LogP contribution in [0.4, 0.5) is 11.5 Å². The molecule has 20 heavy (non-hydrogen) atoms. The number of hydrogen-bond donors (Lipinski definition) is 1. The van der Waals surface area contributed by atoms with Crippen molar-refractivity contribution < 1.29 is 4.92 Å².